The van der Waals surface area contributed by atoms with E-state index in [9.17, 15) is 0 Å². The van der Waals surface area contributed by atoms with E-state index in [-0.39, 0.29) is 0 Å². The van der Waals surface area contributed by atoms with Crippen LogP contribution < -0.4 is 0 Å². The van der Waals surface area contributed by atoms with Gasteiger partial charge in [-0.1, -0.05) is 28.1 Å². The summed E-state index contributed by atoms with van der Waals surface area (Å²) in [4.78, 5) is 7.99. The van der Waals surface area contributed by atoms with Crippen molar-refractivity contribution in [3.8, 4) is 0 Å². The molecule has 0 N–H and O–H groups in total. The first kappa shape index (κ1) is 10.3. The van der Waals surface area contributed by atoms with Gasteiger partial charge in [-0.3, -0.25) is 0 Å². The van der Waals surface area contributed by atoms with Gasteiger partial charge in [0.25, 0.3) is 0 Å². The monoisotopic (exact) mass is 262 g/mol. The number of rotatable bonds is 3. The Labute approximate surface area is 97.5 Å². The Morgan fingerprint density at radius 1 is 1.00 bits per heavy atom. The van der Waals surface area contributed by atoms with E-state index in [0.29, 0.717) is 0 Å². The summed E-state index contributed by atoms with van der Waals surface area (Å²) in [6.07, 6.45) is 7.29. The lowest BCUT2D eigenvalue weighted by molar-refractivity contribution is 0.932. The van der Waals surface area contributed by atoms with Gasteiger partial charge in [-0.15, -0.1) is 0 Å². The van der Waals surface area contributed by atoms with Crippen molar-refractivity contribution < 1.29 is 0 Å². The maximum atomic E-state index is 3.99. The predicted molar refractivity (Wildman–Crippen MR) is 63.6 cm³/mol. The molecule has 0 aliphatic rings. The van der Waals surface area contributed by atoms with Gasteiger partial charge < -0.3 is 0 Å². The number of nitrogens with zero attached hydrogens (tertiary/aromatic N) is 2. The van der Waals surface area contributed by atoms with Crippen LogP contribution in [-0.4, -0.2) is 9.97 Å². The van der Waals surface area contributed by atoms with Crippen LogP contribution in [0.5, 0.6) is 0 Å². The minimum atomic E-state index is 0.983. The van der Waals surface area contributed by atoms with Gasteiger partial charge in [-0.25, -0.2) is 9.97 Å². The zero-order valence-electron chi connectivity index (χ0n) is 8.23. The summed E-state index contributed by atoms with van der Waals surface area (Å²) < 4.78 is 1.13. The van der Waals surface area contributed by atoms with Crippen molar-refractivity contribution >= 4 is 15.9 Å². The third-order valence-electron chi connectivity index (χ3n) is 2.21. The largest absolute Gasteiger partial charge is 0.245 e. The van der Waals surface area contributed by atoms with E-state index < -0.39 is 0 Å². The first-order chi connectivity index (χ1) is 7.34. The van der Waals surface area contributed by atoms with Crippen molar-refractivity contribution in [2.24, 2.45) is 0 Å². The Balaban J connectivity index is 1.99. The van der Waals surface area contributed by atoms with Crippen LogP contribution in [0, 0.1) is 0 Å². The molecule has 0 atom stereocenters. The van der Waals surface area contributed by atoms with Crippen LogP contribution in [0.4, 0.5) is 0 Å². The van der Waals surface area contributed by atoms with Crippen LogP contribution >= 0.6 is 15.9 Å². The van der Waals surface area contributed by atoms with Crippen molar-refractivity contribution in [2.45, 2.75) is 12.8 Å². The second-order valence-electron chi connectivity index (χ2n) is 3.38. The van der Waals surface area contributed by atoms with E-state index in [1.165, 1.54) is 11.1 Å². The number of aryl methyl sites for hydroxylation is 2. The molecule has 0 aliphatic carbocycles. The lowest BCUT2D eigenvalue weighted by atomic mass is 10.1. The van der Waals surface area contributed by atoms with Gasteiger partial charge in [0.15, 0.2) is 0 Å². The van der Waals surface area contributed by atoms with Gasteiger partial charge in [-0.2, -0.15) is 0 Å². The zero-order valence-corrected chi connectivity index (χ0v) is 9.81. The van der Waals surface area contributed by atoms with Crippen LogP contribution in [-0.2, 0) is 12.8 Å². The van der Waals surface area contributed by atoms with E-state index in [0.717, 1.165) is 17.3 Å². The Bertz CT molecular complexity index is 429. The van der Waals surface area contributed by atoms with Gasteiger partial charge in [0.05, 0.1) is 0 Å². The molecule has 0 saturated carbocycles. The maximum absolute atomic E-state index is 3.99. The SMILES string of the molecule is Brc1cccc(CCc2cncnc2)c1. The van der Waals surface area contributed by atoms with E-state index in [4.69, 9.17) is 0 Å². The highest BCUT2D eigenvalue weighted by Gasteiger charge is 1.96. The molecule has 0 amide bonds. The Morgan fingerprint density at radius 3 is 2.47 bits per heavy atom. The highest BCUT2D eigenvalue weighted by Crippen LogP contribution is 2.13. The summed E-state index contributed by atoms with van der Waals surface area (Å²) >= 11 is 3.46. The first-order valence-electron chi connectivity index (χ1n) is 4.83. The second-order valence-corrected chi connectivity index (χ2v) is 4.29. The summed E-state index contributed by atoms with van der Waals surface area (Å²) in [5.41, 5.74) is 2.51. The third-order valence-corrected chi connectivity index (χ3v) is 2.70. The zero-order chi connectivity index (χ0) is 10.5. The summed E-state index contributed by atoms with van der Waals surface area (Å²) in [6.45, 7) is 0. The number of halogens is 1. The molecule has 0 aliphatic heterocycles. The molecule has 0 spiro atoms. The molecule has 2 aromatic rings. The molecule has 76 valence electrons. The summed E-state index contributed by atoms with van der Waals surface area (Å²) in [7, 11) is 0. The number of hydrogen-bond donors (Lipinski definition) is 0. The van der Waals surface area contributed by atoms with Crippen molar-refractivity contribution in [2.75, 3.05) is 0 Å². The molecule has 1 aromatic carbocycles. The molecule has 15 heavy (non-hydrogen) atoms. The molecule has 0 saturated heterocycles. The van der Waals surface area contributed by atoms with E-state index >= 15 is 0 Å². The second kappa shape index (κ2) is 5.03. The molecule has 1 aromatic heterocycles. The molecular weight excluding hydrogens is 252 g/mol. The average Bonchev–Trinajstić information content (AvgIpc) is 2.28. The third kappa shape index (κ3) is 3.13. The van der Waals surface area contributed by atoms with E-state index in [2.05, 4.69) is 44.1 Å². The number of benzene rings is 1. The van der Waals surface area contributed by atoms with Crippen molar-refractivity contribution in [1.82, 2.24) is 9.97 Å². The molecule has 0 bridgehead atoms. The van der Waals surface area contributed by atoms with Gasteiger partial charge >= 0.3 is 0 Å². The lowest BCUT2D eigenvalue weighted by Gasteiger charge is -2.01. The highest BCUT2D eigenvalue weighted by atomic mass is 79.9. The van der Waals surface area contributed by atoms with Crippen molar-refractivity contribution in [3.63, 3.8) is 0 Å². The minimum absolute atomic E-state index is 0.983. The number of hydrogen-bond acceptors (Lipinski definition) is 2. The van der Waals surface area contributed by atoms with Crippen LogP contribution in [0.2, 0.25) is 0 Å². The molecule has 2 rings (SSSR count). The molecule has 1 heterocycles. The quantitative estimate of drug-likeness (QED) is 0.850. The Kier molecular flexibility index (Phi) is 3.45. The molecule has 0 radical (unpaired) electrons. The fourth-order valence-corrected chi connectivity index (χ4v) is 1.89. The molecule has 0 unspecified atom stereocenters. The van der Waals surface area contributed by atoms with Crippen molar-refractivity contribution in [1.29, 1.82) is 0 Å². The molecule has 2 nitrogen and oxygen atoms in total. The van der Waals surface area contributed by atoms with Crippen LogP contribution in [0.25, 0.3) is 0 Å². The summed E-state index contributed by atoms with van der Waals surface area (Å²) in [5.74, 6) is 0. The van der Waals surface area contributed by atoms with Gasteiger partial charge in [0, 0.05) is 16.9 Å². The molecular formula is C12H11BrN2. The maximum Gasteiger partial charge on any atom is 0.115 e. The number of aromatic nitrogens is 2. The van der Waals surface area contributed by atoms with Crippen molar-refractivity contribution in [3.05, 3.63) is 58.6 Å². The van der Waals surface area contributed by atoms with Crippen LogP contribution in [0.1, 0.15) is 11.1 Å². The van der Waals surface area contributed by atoms with Crippen LogP contribution in [0.15, 0.2) is 47.5 Å². The average molecular weight is 263 g/mol. The summed E-state index contributed by atoms with van der Waals surface area (Å²) in [5, 5.41) is 0. The van der Waals surface area contributed by atoms with E-state index in [1.54, 1.807) is 6.33 Å². The lowest BCUT2D eigenvalue weighted by Crippen LogP contribution is -1.92. The fourth-order valence-electron chi connectivity index (χ4n) is 1.44. The molecule has 3 heteroatoms. The normalized spacial score (nSPS) is 10.2. The topological polar surface area (TPSA) is 25.8 Å². The standard InChI is InChI=1S/C12H11BrN2/c13-12-3-1-2-10(6-12)4-5-11-7-14-9-15-8-11/h1-3,6-9H,4-5H2. The van der Waals surface area contributed by atoms with Crippen LogP contribution in [0.3, 0.4) is 0 Å². The summed E-state index contributed by atoms with van der Waals surface area (Å²) in [6, 6.07) is 8.37. The molecule has 0 fully saturated rings. The highest BCUT2D eigenvalue weighted by molar-refractivity contribution is 9.10. The van der Waals surface area contributed by atoms with Gasteiger partial charge in [0.2, 0.25) is 0 Å². The predicted octanol–water partition coefficient (Wildman–Crippen LogP) is 3.02. The minimum Gasteiger partial charge on any atom is -0.245 e. The van der Waals surface area contributed by atoms with E-state index in [1.807, 2.05) is 18.5 Å². The smallest absolute Gasteiger partial charge is 0.115 e. The first-order valence-corrected chi connectivity index (χ1v) is 5.62. The van der Waals surface area contributed by atoms with Gasteiger partial charge in [0.1, 0.15) is 6.33 Å². The van der Waals surface area contributed by atoms with Gasteiger partial charge in [-0.05, 0) is 36.1 Å². The Hall–Kier alpha value is -1.22. The fraction of sp³-hybridized carbons (Fsp3) is 0.167. The Morgan fingerprint density at radius 2 is 1.73 bits per heavy atom.